The van der Waals surface area contributed by atoms with Crippen LogP contribution in [0.25, 0.3) is 10.9 Å². The van der Waals surface area contributed by atoms with E-state index in [1.54, 1.807) is 0 Å². The first-order chi connectivity index (χ1) is 6.59. The fraction of sp³-hybridized carbons (Fsp3) is 0.182. The second-order valence-electron chi connectivity index (χ2n) is 3.44. The Hall–Kier alpha value is -1.28. The van der Waals surface area contributed by atoms with E-state index in [-0.39, 0.29) is 0 Å². The first kappa shape index (κ1) is 9.28. The van der Waals surface area contributed by atoms with E-state index in [1.165, 1.54) is 0 Å². The van der Waals surface area contributed by atoms with Gasteiger partial charge in [0.1, 0.15) is 0 Å². The van der Waals surface area contributed by atoms with Gasteiger partial charge in [-0.2, -0.15) is 0 Å². The number of pyridine rings is 1. The van der Waals surface area contributed by atoms with Crippen LogP contribution in [0.5, 0.6) is 0 Å². The maximum Gasteiger partial charge on any atom is 0.0914 e. The molecule has 0 unspecified atom stereocenters. The van der Waals surface area contributed by atoms with Crippen molar-refractivity contribution in [1.29, 1.82) is 0 Å². The summed E-state index contributed by atoms with van der Waals surface area (Å²) >= 11 is 6.05. The van der Waals surface area contributed by atoms with Gasteiger partial charge in [-0.05, 0) is 31.5 Å². The van der Waals surface area contributed by atoms with Crippen LogP contribution in [-0.2, 0) is 0 Å². The molecule has 0 fully saturated rings. The number of hydrogen-bond donors (Lipinski definition) is 1. The number of fused-ring (bicyclic) bond motifs is 1. The molecule has 72 valence electrons. The Morgan fingerprint density at radius 3 is 2.71 bits per heavy atom. The van der Waals surface area contributed by atoms with Gasteiger partial charge in [-0.1, -0.05) is 17.7 Å². The quantitative estimate of drug-likeness (QED) is 0.720. The van der Waals surface area contributed by atoms with Crippen LogP contribution < -0.4 is 5.73 Å². The van der Waals surface area contributed by atoms with Crippen LogP contribution in [0.3, 0.4) is 0 Å². The number of anilines is 1. The summed E-state index contributed by atoms with van der Waals surface area (Å²) < 4.78 is 0. The smallest absolute Gasteiger partial charge is 0.0914 e. The van der Waals surface area contributed by atoms with Gasteiger partial charge in [-0.3, -0.25) is 4.98 Å². The molecule has 0 spiro atoms. The third-order valence-electron chi connectivity index (χ3n) is 2.28. The summed E-state index contributed by atoms with van der Waals surface area (Å²) in [6, 6.07) is 5.68. The number of benzene rings is 1. The molecule has 0 amide bonds. The summed E-state index contributed by atoms with van der Waals surface area (Å²) in [5, 5.41) is 1.61. The van der Waals surface area contributed by atoms with E-state index in [9.17, 15) is 0 Å². The SMILES string of the molecule is Cc1cc(N)c2c(C)ccc(Cl)c2n1. The average molecular weight is 207 g/mol. The summed E-state index contributed by atoms with van der Waals surface area (Å²) in [6.07, 6.45) is 0. The fourth-order valence-electron chi connectivity index (χ4n) is 1.65. The van der Waals surface area contributed by atoms with Gasteiger partial charge in [-0.25, -0.2) is 0 Å². The monoisotopic (exact) mass is 206 g/mol. The molecule has 0 atom stereocenters. The second kappa shape index (κ2) is 3.14. The van der Waals surface area contributed by atoms with Crippen LogP contribution >= 0.6 is 11.6 Å². The number of aryl methyl sites for hydroxylation is 2. The highest BCUT2D eigenvalue weighted by Gasteiger charge is 2.07. The molecule has 2 nitrogen and oxygen atoms in total. The molecule has 2 rings (SSSR count). The number of hydrogen-bond acceptors (Lipinski definition) is 2. The topological polar surface area (TPSA) is 38.9 Å². The van der Waals surface area contributed by atoms with Gasteiger partial charge in [0.15, 0.2) is 0 Å². The van der Waals surface area contributed by atoms with Crippen molar-refractivity contribution in [2.24, 2.45) is 0 Å². The van der Waals surface area contributed by atoms with E-state index in [0.717, 1.165) is 27.8 Å². The van der Waals surface area contributed by atoms with Crippen molar-refractivity contribution in [2.75, 3.05) is 5.73 Å². The Morgan fingerprint density at radius 2 is 2.00 bits per heavy atom. The van der Waals surface area contributed by atoms with Gasteiger partial charge in [0.2, 0.25) is 0 Å². The third-order valence-corrected chi connectivity index (χ3v) is 2.58. The van der Waals surface area contributed by atoms with E-state index in [1.807, 2.05) is 32.0 Å². The third kappa shape index (κ3) is 1.32. The minimum atomic E-state index is 0.654. The molecule has 0 saturated heterocycles. The van der Waals surface area contributed by atoms with Crippen molar-refractivity contribution < 1.29 is 0 Å². The van der Waals surface area contributed by atoms with Crippen LogP contribution in [0.2, 0.25) is 5.02 Å². The lowest BCUT2D eigenvalue weighted by Gasteiger charge is -2.07. The standard InChI is InChI=1S/C11H11ClN2/c1-6-3-4-8(12)11-10(6)9(13)5-7(2)14-11/h3-5H,1-2H3,(H2,13,14). The zero-order valence-corrected chi connectivity index (χ0v) is 8.89. The molecular formula is C11H11ClN2. The summed E-state index contributed by atoms with van der Waals surface area (Å²) in [5.41, 5.74) is 9.46. The van der Waals surface area contributed by atoms with E-state index in [0.29, 0.717) is 5.02 Å². The average Bonchev–Trinajstić information content (AvgIpc) is 2.10. The molecule has 1 aromatic heterocycles. The maximum absolute atomic E-state index is 6.05. The minimum absolute atomic E-state index is 0.654. The molecule has 2 aromatic rings. The fourth-order valence-corrected chi connectivity index (χ4v) is 1.85. The Morgan fingerprint density at radius 1 is 1.29 bits per heavy atom. The molecule has 1 aromatic carbocycles. The Kier molecular flexibility index (Phi) is 2.08. The van der Waals surface area contributed by atoms with Gasteiger partial charge in [-0.15, -0.1) is 0 Å². The highest BCUT2D eigenvalue weighted by molar-refractivity contribution is 6.35. The molecule has 14 heavy (non-hydrogen) atoms. The predicted octanol–water partition coefficient (Wildman–Crippen LogP) is 3.09. The highest BCUT2D eigenvalue weighted by Crippen LogP contribution is 2.29. The largest absolute Gasteiger partial charge is 0.398 e. The Bertz CT molecular complexity index is 506. The summed E-state index contributed by atoms with van der Waals surface area (Å²) in [6.45, 7) is 3.92. The second-order valence-corrected chi connectivity index (χ2v) is 3.85. The van der Waals surface area contributed by atoms with Crippen LogP contribution in [0.1, 0.15) is 11.3 Å². The molecule has 0 radical (unpaired) electrons. The van der Waals surface area contributed by atoms with Gasteiger partial charge in [0, 0.05) is 16.8 Å². The van der Waals surface area contributed by atoms with E-state index in [2.05, 4.69) is 4.98 Å². The summed E-state index contributed by atoms with van der Waals surface area (Å²) in [7, 11) is 0. The number of nitrogen functional groups attached to an aromatic ring is 1. The number of nitrogens with two attached hydrogens (primary N) is 1. The molecule has 0 bridgehead atoms. The molecule has 0 saturated carbocycles. The zero-order chi connectivity index (χ0) is 10.3. The van der Waals surface area contributed by atoms with Gasteiger partial charge in [0.25, 0.3) is 0 Å². The van der Waals surface area contributed by atoms with Crippen molar-refractivity contribution in [1.82, 2.24) is 4.98 Å². The Balaban J connectivity index is 3.00. The molecule has 1 heterocycles. The highest BCUT2D eigenvalue weighted by atomic mass is 35.5. The van der Waals surface area contributed by atoms with Crippen molar-refractivity contribution in [2.45, 2.75) is 13.8 Å². The predicted molar refractivity (Wildman–Crippen MR) is 60.6 cm³/mol. The van der Waals surface area contributed by atoms with Crippen LogP contribution in [0, 0.1) is 13.8 Å². The first-order valence-electron chi connectivity index (χ1n) is 4.41. The molecule has 2 N–H and O–H groups in total. The number of nitrogens with zero attached hydrogens (tertiary/aromatic N) is 1. The van der Waals surface area contributed by atoms with Gasteiger partial charge < -0.3 is 5.73 Å². The van der Waals surface area contributed by atoms with Crippen molar-refractivity contribution in [3.05, 3.63) is 34.5 Å². The van der Waals surface area contributed by atoms with Crippen LogP contribution in [-0.4, -0.2) is 4.98 Å². The van der Waals surface area contributed by atoms with Gasteiger partial charge in [0.05, 0.1) is 10.5 Å². The molecule has 0 aliphatic carbocycles. The van der Waals surface area contributed by atoms with Crippen molar-refractivity contribution >= 4 is 28.2 Å². The van der Waals surface area contributed by atoms with Crippen molar-refractivity contribution in [3.63, 3.8) is 0 Å². The van der Waals surface area contributed by atoms with E-state index in [4.69, 9.17) is 17.3 Å². The number of halogens is 1. The maximum atomic E-state index is 6.05. The summed E-state index contributed by atoms with van der Waals surface area (Å²) in [5.74, 6) is 0. The van der Waals surface area contributed by atoms with E-state index < -0.39 is 0 Å². The summed E-state index contributed by atoms with van der Waals surface area (Å²) in [4.78, 5) is 4.38. The lowest BCUT2D eigenvalue weighted by molar-refractivity contribution is 1.25. The van der Waals surface area contributed by atoms with E-state index >= 15 is 0 Å². The van der Waals surface area contributed by atoms with Crippen LogP contribution in [0.4, 0.5) is 5.69 Å². The lowest BCUT2D eigenvalue weighted by Crippen LogP contribution is -1.94. The normalized spacial score (nSPS) is 10.8. The first-order valence-corrected chi connectivity index (χ1v) is 4.79. The van der Waals surface area contributed by atoms with Crippen molar-refractivity contribution in [3.8, 4) is 0 Å². The molecule has 3 heteroatoms. The lowest BCUT2D eigenvalue weighted by atomic mass is 10.1. The van der Waals surface area contributed by atoms with Crippen LogP contribution in [0.15, 0.2) is 18.2 Å². The van der Waals surface area contributed by atoms with Gasteiger partial charge >= 0.3 is 0 Å². The molecule has 0 aliphatic rings. The minimum Gasteiger partial charge on any atom is -0.398 e. The molecular weight excluding hydrogens is 196 g/mol. The number of rotatable bonds is 0. The Labute approximate surface area is 87.7 Å². The molecule has 0 aliphatic heterocycles. The zero-order valence-electron chi connectivity index (χ0n) is 8.13. The number of aromatic nitrogens is 1.